The van der Waals surface area contributed by atoms with Crippen LogP contribution in [0.5, 0.6) is 0 Å². The summed E-state index contributed by atoms with van der Waals surface area (Å²) in [5.41, 5.74) is 2.22. The van der Waals surface area contributed by atoms with Crippen molar-refractivity contribution in [3.8, 4) is 0 Å². The summed E-state index contributed by atoms with van der Waals surface area (Å²) in [6.45, 7) is 21.7. The zero-order valence-electron chi connectivity index (χ0n) is 26.2. The van der Waals surface area contributed by atoms with Crippen molar-refractivity contribution >= 4 is 23.5 Å². The summed E-state index contributed by atoms with van der Waals surface area (Å²) in [4.78, 5) is 37.5. The third-order valence-corrected chi connectivity index (χ3v) is 5.39. The number of rotatable bonds is 5. The molecular weight excluding hydrogens is 534 g/mol. The van der Waals surface area contributed by atoms with Gasteiger partial charge in [0.1, 0.15) is 12.2 Å². The second-order valence-corrected chi connectivity index (χ2v) is 10.6. The maximum absolute atomic E-state index is 10.4. The average molecular weight is 584 g/mol. The molecule has 0 aromatic carbocycles. The van der Waals surface area contributed by atoms with Gasteiger partial charge in [-0.05, 0) is 12.8 Å². The van der Waals surface area contributed by atoms with Gasteiger partial charge in [0.25, 0.3) is 0 Å². The van der Waals surface area contributed by atoms with E-state index < -0.39 is 5.76 Å². The van der Waals surface area contributed by atoms with Gasteiger partial charge in [-0.2, -0.15) is 13.8 Å². The molecule has 228 valence electrons. The monoisotopic (exact) mass is 583 g/mol. The minimum absolute atomic E-state index is 0.0972. The number of hydrogen-bond donors (Lipinski definition) is 4. The number of aromatic amines is 2. The fourth-order valence-corrected chi connectivity index (χ4v) is 3.01. The number of amides is 2. The van der Waals surface area contributed by atoms with Crippen molar-refractivity contribution in [1.29, 1.82) is 0 Å². The van der Waals surface area contributed by atoms with Gasteiger partial charge in [-0.1, -0.05) is 74.4 Å². The van der Waals surface area contributed by atoms with Crippen LogP contribution in [0.1, 0.15) is 110 Å². The molecule has 0 saturated heterocycles. The Labute approximate surface area is 242 Å². The van der Waals surface area contributed by atoms with Gasteiger partial charge in [0, 0.05) is 37.8 Å². The minimum Gasteiger partial charge on any atom is -0.359 e. The fourth-order valence-electron chi connectivity index (χ4n) is 2.32. The summed E-state index contributed by atoms with van der Waals surface area (Å²) >= 11 is 1.29. The van der Waals surface area contributed by atoms with Crippen molar-refractivity contribution in [1.82, 2.24) is 44.7 Å². The lowest BCUT2D eigenvalue weighted by Gasteiger charge is -1.98. The standard InChI is InChI=1S/C6H10N2S.C5H9N3.C5H8N2O2.2C5H11NO/c1-4(2)6-5(3)7-9-8-6;1-4(2)5-6-3-7-8-5;1-3(2)4-6-5(8)9-7-4;2*1-4(2)5(7)6-3/h4H,1-3H3;3-4H,1-2H3,(H,6,7,8);3H,1-2H3,(H,6,7,8);2*4H,1-3H3,(H,6,7). The highest BCUT2D eigenvalue weighted by Crippen LogP contribution is 2.15. The topological polar surface area (TPSA) is 184 Å². The first kappa shape index (κ1) is 38.7. The first-order valence-electron chi connectivity index (χ1n) is 13.2. The molecule has 0 fully saturated rings. The zero-order chi connectivity index (χ0) is 31.4. The minimum atomic E-state index is -0.487. The van der Waals surface area contributed by atoms with Gasteiger partial charge >= 0.3 is 5.76 Å². The lowest BCUT2D eigenvalue weighted by molar-refractivity contribution is -0.124. The van der Waals surface area contributed by atoms with E-state index in [4.69, 9.17) is 0 Å². The first-order valence-corrected chi connectivity index (χ1v) is 13.9. The molecule has 0 aliphatic carbocycles. The van der Waals surface area contributed by atoms with E-state index in [2.05, 4.69) is 76.9 Å². The van der Waals surface area contributed by atoms with E-state index in [1.807, 2.05) is 48.5 Å². The smallest absolute Gasteiger partial charge is 0.359 e. The van der Waals surface area contributed by atoms with E-state index in [1.165, 1.54) is 18.1 Å². The molecule has 3 heterocycles. The predicted molar refractivity (Wildman–Crippen MR) is 158 cm³/mol. The molecule has 0 radical (unpaired) electrons. The molecule has 3 rings (SSSR count). The normalized spacial score (nSPS) is 10.1. The van der Waals surface area contributed by atoms with E-state index in [9.17, 15) is 14.4 Å². The molecule has 0 aliphatic rings. The van der Waals surface area contributed by atoms with Crippen molar-refractivity contribution in [3.63, 3.8) is 0 Å². The van der Waals surface area contributed by atoms with Gasteiger partial charge in [-0.25, -0.2) is 9.78 Å². The van der Waals surface area contributed by atoms with Crippen molar-refractivity contribution in [2.45, 2.75) is 93.9 Å². The first-order chi connectivity index (χ1) is 18.6. The number of carbonyl (C=O) groups is 2. The highest BCUT2D eigenvalue weighted by molar-refractivity contribution is 6.99. The van der Waals surface area contributed by atoms with Crippen LogP contribution in [0.4, 0.5) is 0 Å². The van der Waals surface area contributed by atoms with E-state index in [0.29, 0.717) is 17.7 Å². The van der Waals surface area contributed by atoms with Crippen LogP contribution >= 0.6 is 11.7 Å². The summed E-state index contributed by atoms with van der Waals surface area (Å²) in [5, 5.41) is 15.0. The van der Waals surface area contributed by atoms with E-state index in [0.717, 1.165) is 17.2 Å². The molecular formula is C26H49N9O4S. The molecule has 0 unspecified atom stereocenters. The Balaban J connectivity index is 0. The molecule has 13 nitrogen and oxygen atoms in total. The molecule has 40 heavy (non-hydrogen) atoms. The van der Waals surface area contributed by atoms with E-state index in [-0.39, 0.29) is 29.6 Å². The molecule has 4 N–H and O–H groups in total. The number of nitrogens with zero attached hydrogens (tertiary/aromatic N) is 5. The van der Waals surface area contributed by atoms with Gasteiger partial charge < -0.3 is 10.6 Å². The van der Waals surface area contributed by atoms with Crippen molar-refractivity contribution in [2.75, 3.05) is 14.1 Å². The van der Waals surface area contributed by atoms with Gasteiger partial charge in [0.05, 0.1) is 23.1 Å². The molecule has 2 amide bonds. The second kappa shape index (κ2) is 21.4. The lowest BCUT2D eigenvalue weighted by atomic mass is 10.1. The fraction of sp³-hybridized carbons (Fsp3) is 0.692. The van der Waals surface area contributed by atoms with E-state index in [1.54, 1.807) is 14.1 Å². The molecule has 0 bridgehead atoms. The number of aromatic nitrogens is 7. The van der Waals surface area contributed by atoms with Crippen LogP contribution in [-0.2, 0) is 9.59 Å². The van der Waals surface area contributed by atoms with Crippen LogP contribution in [0.2, 0.25) is 0 Å². The van der Waals surface area contributed by atoms with Crippen LogP contribution in [0.3, 0.4) is 0 Å². The Hall–Kier alpha value is -3.42. The predicted octanol–water partition coefficient (Wildman–Crippen LogP) is 4.16. The zero-order valence-corrected chi connectivity index (χ0v) is 27.1. The van der Waals surface area contributed by atoms with E-state index >= 15 is 0 Å². The molecule has 3 aromatic heterocycles. The summed E-state index contributed by atoms with van der Waals surface area (Å²) < 4.78 is 12.5. The maximum atomic E-state index is 10.4. The summed E-state index contributed by atoms with van der Waals surface area (Å²) in [6.07, 6.45) is 1.52. The third-order valence-electron chi connectivity index (χ3n) is 4.76. The lowest BCUT2D eigenvalue weighted by Crippen LogP contribution is -2.22. The average Bonchev–Trinajstić information content (AvgIpc) is 3.66. The number of nitrogens with one attached hydrogen (secondary N) is 4. The number of carbonyl (C=O) groups excluding carboxylic acids is 2. The van der Waals surface area contributed by atoms with Crippen LogP contribution in [0.15, 0.2) is 15.6 Å². The molecule has 3 aromatic rings. The summed E-state index contributed by atoms with van der Waals surface area (Å²) in [6, 6.07) is 0. The van der Waals surface area contributed by atoms with Crippen LogP contribution < -0.4 is 16.4 Å². The van der Waals surface area contributed by atoms with Crippen molar-refractivity contribution in [3.05, 3.63) is 39.9 Å². The Morgan fingerprint density at radius 1 is 0.825 bits per heavy atom. The number of H-pyrrole nitrogens is 2. The molecule has 0 aliphatic heterocycles. The summed E-state index contributed by atoms with van der Waals surface area (Å²) in [7, 11) is 3.28. The highest BCUT2D eigenvalue weighted by Gasteiger charge is 2.06. The van der Waals surface area contributed by atoms with Gasteiger partial charge in [0.15, 0.2) is 5.82 Å². The number of aryl methyl sites for hydroxylation is 1. The molecule has 14 heteroatoms. The SMILES string of the molecule is CC(C)c1ncn[nH]1.CC(C)c1noc(=O)[nH]1.CNC(=O)C(C)C.CNC(=O)C(C)C.Cc1nsnc1C(C)C. The number of hydrogen-bond acceptors (Lipinski definition) is 10. The van der Waals surface area contributed by atoms with Crippen molar-refractivity contribution in [2.24, 2.45) is 11.8 Å². The Kier molecular flexibility index (Phi) is 20.7. The highest BCUT2D eigenvalue weighted by atomic mass is 32.1. The Bertz CT molecular complexity index is 1080. The van der Waals surface area contributed by atoms with Crippen LogP contribution in [0.25, 0.3) is 0 Å². The quantitative estimate of drug-likeness (QED) is 0.342. The maximum Gasteiger partial charge on any atom is 0.438 e. The second-order valence-electron chi connectivity index (χ2n) is 10.1. The van der Waals surface area contributed by atoms with Crippen LogP contribution in [0, 0.1) is 18.8 Å². The van der Waals surface area contributed by atoms with Gasteiger partial charge in [0.2, 0.25) is 11.8 Å². The van der Waals surface area contributed by atoms with Gasteiger partial charge in [-0.3, -0.25) is 24.2 Å². The van der Waals surface area contributed by atoms with Crippen molar-refractivity contribution < 1.29 is 14.1 Å². The Morgan fingerprint density at radius 2 is 1.32 bits per heavy atom. The molecule has 0 spiro atoms. The summed E-state index contributed by atoms with van der Waals surface area (Å²) in [5.74, 6) is 2.68. The van der Waals surface area contributed by atoms with Gasteiger partial charge in [-0.15, -0.1) is 0 Å². The largest absolute Gasteiger partial charge is 0.438 e. The third kappa shape index (κ3) is 18.0. The molecule has 0 saturated carbocycles. The van der Waals surface area contributed by atoms with Crippen LogP contribution in [-0.4, -0.2) is 60.0 Å². The Morgan fingerprint density at radius 3 is 1.48 bits per heavy atom. The molecule has 0 atom stereocenters.